The molecule has 2 aromatic carbocycles. The van der Waals surface area contributed by atoms with Crippen molar-refractivity contribution in [1.82, 2.24) is 5.32 Å². The summed E-state index contributed by atoms with van der Waals surface area (Å²) in [6, 6.07) is 12.5. The minimum atomic E-state index is -1.29. The van der Waals surface area contributed by atoms with Crippen molar-refractivity contribution in [2.45, 2.75) is 18.2 Å². The van der Waals surface area contributed by atoms with Crippen molar-refractivity contribution in [3.8, 4) is 0 Å². The van der Waals surface area contributed by atoms with E-state index in [-0.39, 0.29) is 11.4 Å². The fourth-order valence-corrected chi connectivity index (χ4v) is 3.18. The molecule has 2 aromatic rings. The molecule has 1 atom stereocenters. The predicted molar refractivity (Wildman–Crippen MR) is 96.8 cm³/mol. The molecule has 7 heteroatoms. The summed E-state index contributed by atoms with van der Waals surface area (Å²) in [6.07, 6.45) is 0.540. The predicted octanol–water partition coefficient (Wildman–Crippen LogP) is 2.47. The van der Waals surface area contributed by atoms with Gasteiger partial charge < -0.3 is 10.1 Å². The maximum absolute atomic E-state index is 12.8. The van der Waals surface area contributed by atoms with Crippen molar-refractivity contribution < 1.29 is 22.9 Å². The monoisotopic (exact) mass is 377 g/mol. The van der Waals surface area contributed by atoms with Crippen LogP contribution in [0.3, 0.4) is 0 Å². The van der Waals surface area contributed by atoms with Crippen LogP contribution < -0.4 is 5.32 Å². The maximum atomic E-state index is 12.8. The van der Waals surface area contributed by atoms with Gasteiger partial charge in [0.2, 0.25) is 0 Å². The number of halogens is 1. The first-order valence-corrected chi connectivity index (χ1v) is 9.48. The Morgan fingerprint density at radius 1 is 1.12 bits per heavy atom. The molecule has 1 amide bonds. The molecule has 1 N–H and O–H groups in total. The molecule has 0 radical (unpaired) electrons. The molecule has 2 rings (SSSR count). The second-order valence-corrected chi connectivity index (χ2v) is 7.14. The Labute approximate surface area is 154 Å². The Balaban J connectivity index is 1.81. The number of nitrogens with one attached hydrogen (secondary N) is 1. The Bertz CT molecular complexity index is 792. The molecule has 138 valence electrons. The highest BCUT2D eigenvalue weighted by molar-refractivity contribution is 7.85. The standard InChI is InChI=1S/C19H20FNO4S/c1-2-26(24)17-6-4-3-5-16(17)19(23)25-13-18(22)21-12-11-14-7-9-15(20)10-8-14/h3-10H,2,11-13H2,1H3,(H,21,22). The van der Waals surface area contributed by atoms with Crippen LogP contribution in [0, 0.1) is 5.82 Å². The molecular weight excluding hydrogens is 357 g/mol. The van der Waals surface area contributed by atoms with Gasteiger partial charge in [-0.25, -0.2) is 9.18 Å². The van der Waals surface area contributed by atoms with E-state index in [0.717, 1.165) is 5.56 Å². The second kappa shape index (κ2) is 9.82. The minimum Gasteiger partial charge on any atom is -0.452 e. The Hall–Kier alpha value is -2.54. The van der Waals surface area contributed by atoms with E-state index in [9.17, 15) is 18.2 Å². The molecule has 5 nitrogen and oxygen atoms in total. The van der Waals surface area contributed by atoms with Crippen molar-refractivity contribution in [3.63, 3.8) is 0 Å². The van der Waals surface area contributed by atoms with E-state index >= 15 is 0 Å². The molecule has 0 saturated heterocycles. The number of carbonyl (C=O) groups is 2. The van der Waals surface area contributed by atoms with Gasteiger partial charge in [-0.1, -0.05) is 31.2 Å². The molecule has 1 unspecified atom stereocenters. The summed E-state index contributed by atoms with van der Waals surface area (Å²) >= 11 is 0. The third-order valence-electron chi connectivity index (χ3n) is 3.60. The molecule has 0 aliphatic heterocycles. The van der Waals surface area contributed by atoms with Gasteiger partial charge in [0.1, 0.15) is 5.82 Å². The lowest BCUT2D eigenvalue weighted by atomic mass is 10.1. The average Bonchev–Trinajstić information content (AvgIpc) is 2.67. The summed E-state index contributed by atoms with van der Waals surface area (Å²) < 4.78 is 29.8. The van der Waals surface area contributed by atoms with Crippen LogP contribution >= 0.6 is 0 Å². The van der Waals surface area contributed by atoms with E-state index < -0.39 is 29.3 Å². The van der Waals surface area contributed by atoms with Gasteiger partial charge in [0.25, 0.3) is 5.91 Å². The van der Waals surface area contributed by atoms with Crippen molar-refractivity contribution in [2.75, 3.05) is 18.9 Å². The number of hydrogen-bond acceptors (Lipinski definition) is 4. The first kappa shape index (κ1) is 19.8. The number of hydrogen-bond donors (Lipinski definition) is 1. The molecule has 0 spiro atoms. The van der Waals surface area contributed by atoms with Crippen molar-refractivity contribution in [1.29, 1.82) is 0 Å². The van der Waals surface area contributed by atoms with Crippen LogP contribution in [0.4, 0.5) is 4.39 Å². The van der Waals surface area contributed by atoms with Gasteiger partial charge in [0.15, 0.2) is 6.61 Å². The highest BCUT2D eigenvalue weighted by Gasteiger charge is 2.17. The summed E-state index contributed by atoms with van der Waals surface area (Å²) in [5.74, 6) is -1.05. The molecule has 0 bridgehead atoms. The number of ether oxygens (including phenoxy) is 1. The van der Waals surface area contributed by atoms with Crippen LogP contribution in [-0.2, 0) is 26.8 Å². The zero-order valence-corrected chi connectivity index (χ0v) is 15.2. The van der Waals surface area contributed by atoms with Gasteiger partial charge in [0, 0.05) is 12.3 Å². The van der Waals surface area contributed by atoms with E-state index in [1.165, 1.54) is 18.2 Å². The van der Waals surface area contributed by atoms with E-state index in [1.54, 1.807) is 37.3 Å². The first-order valence-electron chi connectivity index (χ1n) is 8.17. The molecule has 0 aromatic heterocycles. The lowest BCUT2D eigenvalue weighted by Crippen LogP contribution is -2.30. The largest absolute Gasteiger partial charge is 0.452 e. The second-order valence-electron chi connectivity index (χ2n) is 5.43. The Kier molecular flexibility index (Phi) is 7.47. The number of carbonyl (C=O) groups excluding carboxylic acids is 2. The maximum Gasteiger partial charge on any atom is 0.339 e. The van der Waals surface area contributed by atoms with Gasteiger partial charge in [-0.05, 0) is 36.2 Å². The van der Waals surface area contributed by atoms with Crippen LogP contribution in [-0.4, -0.2) is 35.0 Å². The third kappa shape index (κ3) is 5.77. The van der Waals surface area contributed by atoms with Gasteiger partial charge in [-0.15, -0.1) is 0 Å². The topological polar surface area (TPSA) is 72.5 Å². The molecule has 0 saturated carbocycles. The lowest BCUT2D eigenvalue weighted by Gasteiger charge is -2.09. The quantitative estimate of drug-likeness (QED) is 0.718. The number of rotatable bonds is 8. The van der Waals surface area contributed by atoms with E-state index in [2.05, 4.69) is 5.32 Å². The summed E-state index contributed by atoms with van der Waals surface area (Å²) in [6.45, 7) is 1.68. The zero-order valence-electron chi connectivity index (χ0n) is 14.4. The Morgan fingerprint density at radius 2 is 1.81 bits per heavy atom. The van der Waals surface area contributed by atoms with Crippen molar-refractivity contribution >= 4 is 22.7 Å². The lowest BCUT2D eigenvalue weighted by molar-refractivity contribution is -0.124. The van der Waals surface area contributed by atoms with Gasteiger partial charge in [0.05, 0.1) is 21.3 Å². The summed E-state index contributed by atoms with van der Waals surface area (Å²) in [7, 11) is -1.29. The van der Waals surface area contributed by atoms with Crippen LogP contribution in [0.1, 0.15) is 22.8 Å². The third-order valence-corrected chi connectivity index (χ3v) is 4.97. The number of amides is 1. The highest BCUT2D eigenvalue weighted by atomic mass is 32.2. The van der Waals surface area contributed by atoms with Crippen LogP contribution in [0.2, 0.25) is 0 Å². The van der Waals surface area contributed by atoms with Crippen LogP contribution in [0.25, 0.3) is 0 Å². The summed E-state index contributed by atoms with van der Waals surface area (Å²) in [4.78, 5) is 24.3. The van der Waals surface area contributed by atoms with Crippen LogP contribution in [0.5, 0.6) is 0 Å². The number of esters is 1. The molecular formula is C19H20FNO4S. The summed E-state index contributed by atoms with van der Waals surface area (Å²) in [5, 5.41) is 2.63. The molecule has 0 aliphatic rings. The van der Waals surface area contributed by atoms with Gasteiger partial charge in [-0.3, -0.25) is 9.00 Å². The van der Waals surface area contributed by atoms with Crippen molar-refractivity contribution in [2.24, 2.45) is 0 Å². The fraction of sp³-hybridized carbons (Fsp3) is 0.263. The smallest absolute Gasteiger partial charge is 0.339 e. The van der Waals surface area contributed by atoms with Gasteiger partial charge in [-0.2, -0.15) is 0 Å². The minimum absolute atomic E-state index is 0.201. The van der Waals surface area contributed by atoms with Crippen molar-refractivity contribution in [3.05, 3.63) is 65.5 Å². The first-order chi connectivity index (χ1) is 12.5. The SMILES string of the molecule is CCS(=O)c1ccccc1C(=O)OCC(=O)NCCc1ccc(F)cc1. The molecule has 0 heterocycles. The Morgan fingerprint density at radius 3 is 2.50 bits per heavy atom. The van der Waals surface area contributed by atoms with E-state index in [0.29, 0.717) is 23.6 Å². The molecule has 0 aliphatic carbocycles. The summed E-state index contributed by atoms with van der Waals surface area (Å²) in [5.41, 5.74) is 1.09. The van der Waals surface area contributed by atoms with Crippen LogP contribution in [0.15, 0.2) is 53.4 Å². The molecule has 0 fully saturated rings. The normalized spacial score (nSPS) is 11.6. The van der Waals surface area contributed by atoms with E-state index in [4.69, 9.17) is 4.74 Å². The average molecular weight is 377 g/mol. The molecule has 26 heavy (non-hydrogen) atoms. The van der Waals surface area contributed by atoms with E-state index in [1.807, 2.05) is 0 Å². The van der Waals surface area contributed by atoms with Gasteiger partial charge >= 0.3 is 5.97 Å². The fourth-order valence-electron chi connectivity index (χ4n) is 2.25. The highest BCUT2D eigenvalue weighted by Crippen LogP contribution is 2.15. The zero-order chi connectivity index (χ0) is 18.9. The number of benzene rings is 2.